The number of methoxy groups -OCH3 is 1. The van der Waals surface area contributed by atoms with E-state index in [0.29, 0.717) is 5.92 Å². The Morgan fingerprint density at radius 1 is 1.36 bits per heavy atom. The maximum absolute atomic E-state index is 5.43. The average molecular weight is 435 g/mol. The molecule has 0 amide bonds. The first kappa shape index (κ1) is 11.4. The second kappa shape index (κ2) is 4.86. The van der Waals surface area contributed by atoms with Gasteiger partial charge >= 0.3 is 105 Å². The average Bonchev–Trinajstić information content (AvgIpc) is 2.64. The molecule has 0 aliphatic carbocycles. The van der Waals surface area contributed by atoms with Gasteiger partial charge in [-0.1, -0.05) is 0 Å². The summed E-state index contributed by atoms with van der Waals surface area (Å²) in [5.41, 5.74) is 1.54. The molecule has 1 heterocycles. The fourth-order valence-electron chi connectivity index (χ4n) is 1.43. The molecule has 0 saturated heterocycles. The van der Waals surface area contributed by atoms with Crippen LogP contribution in [0.1, 0.15) is 25.3 Å². The summed E-state index contributed by atoms with van der Waals surface area (Å²) in [7, 11) is 3.95. The molecule has 76 valence electrons. The molecule has 1 aliphatic heterocycles. The van der Waals surface area contributed by atoms with Crippen molar-refractivity contribution in [1.29, 1.82) is 0 Å². The van der Waals surface area contributed by atoms with Gasteiger partial charge in [0.05, 0.1) is 0 Å². The first-order valence-corrected chi connectivity index (χ1v) is 16.6. The zero-order valence-corrected chi connectivity index (χ0v) is 13.8. The topological polar surface area (TPSA) is 9.23 Å². The van der Waals surface area contributed by atoms with Crippen molar-refractivity contribution in [3.63, 3.8) is 0 Å². The molecular weight excluding hydrogens is 423 g/mol. The number of hydrogen-bond donors (Lipinski definition) is 0. The van der Waals surface area contributed by atoms with Crippen LogP contribution < -0.4 is 8.35 Å². The van der Waals surface area contributed by atoms with E-state index in [1.807, 2.05) is 0 Å². The second-order valence-corrected chi connectivity index (χ2v) is 19.4. The zero-order valence-electron chi connectivity index (χ0n) is 8.37. The van der Waals surface area contributed by atoms with Gasteiger partial charge in [0.25, 0.3) is 0 Å². The quantitative estimate of drug-likeness (QED) is 0.656. The van der Waals surface area contributed by atoms with Gasteiger partial charge < -0.3 is 0 Å². The van der Waals surface area contributed by atoms with Gasteiger partial charge in [0, 0.05) is 0 Å². The molecule has 0 bridgehead atoms. The molecule has 0 radical (unpaired) electrons. The van der Waals surface area contributed by atoms with E-state index in [9.17, 15) is 0 Å². The first-order valence-electron chi connectivity index (χ1n) is 4.46. The summed E-state index contributed by atoms with van der Waals surface area (Å²) in [6.07, 6.45) is 0. The van der Waals surface area contributed by atoms with Crippen LogP contribution in [0.3, 0.4) is 0 Å². The van der Waals surface area contributed by atoms with Crippen molar-refractivity contribution in [3.8, 4) is 5.75 Å². The molecule has 0 atom stereocenters. The summed E-state index contributed by atoms with van der Waals surface area (Å²) in [5, 5.41) is 0. The monoisotopic (exact) mass is 440 g/mol. The predicted molar refractivity (Wildman–Crippen MR) is 64.1 cm³/mol. The van der Waals surface area contributed by atoms with E-state index in [-0.39, 0.29) is 32.7 Å². The molecule has 0 unspecified atom stereocenters. The van der Waals surface area contributed by atoms with Crippen LogP contribution in [0.5, 0.6) is 5.75 Å². The number of benzene rings is 1. The number of ether oxygens (including phenoxy) is 1. The van der Waals surface area contributed by atoms with Gasteiger partial charge in [-0.25, -0.2) is 0 Å². The molecule has 1 nitrogen and oxygen atoms in total. The standard InChI is InChI=1S/C10H12OSTe2/c1-6(2)7-4-5-8(11-3)10-9(7)12-14-13-10/h4-6H,1-3H3. The third-order valence-electron chi connectivity index (χ3n) is 2.18. The molecule has 0 N–H and O–H groups in total. The maximum atomic E-state index is 5.43. The molecule has 1 aromatic rings. The molecule has 0 fully saturated rings. The molecule has 14 heavy (non-hydrogen) atoms. The van der Waals surface area contributed by atoms with Crippen molar-refractivity contribution >= 4 is 45.3 Å². The molecule has 0 spiro atoms. The van der Waals surface area contributed by atoms with Crippen molar-refractivity contribution in [1.82, 2.24) is 0 Å². The van der Waals surface area contributed by atoms with Crippen LogP contribution >= 0.6 is 8.99 Å². The van der Waals surface area contributed by atoms with Gasteiger partial charge in [-0.15, -0.1) is 0 Å². The van der Waals surface area contributed by atoms with Crippen LogP contribution in [0.15, 0.2) is 17.0 Å². The Bertz CT molecular complexity index is 352. The summed E-state index contributed by atoms with van der Waals surface area (Å²) >= 11 is 0.391. The van der Waals surface area contributed by atoms with E-state index in [4.69, 9.17) is 4.74 Å². The molecule has 1 aromatic carbocycles. The summed E-state index contributed by atoms with van der Waals surface area (Å²) < 4.78 is 7.04. The van der Waals surface area contributed by atoms with Crippen molar-refractivity contribution < 1.29 is 4.74 Å². The van der Waals surface area contributed by atoms with Crippen molar-refractivity contribution in [2.45, 2.75) is 24.7 Å². The summed E-state index contributed by atoms with van der Waals surface area (Å²) in [6.45, 7) is 4.56. The van der Waals surface area contributed by atoms with Gasteiger partial charge in [0.15, 0.2) is 0 Å². The Morgan fingerprint density at radius 2 is 2.14 bits per heavy atom. The molecule has 0 saturated carbocycles. The number of hydrogen-bond acceptors (Lipinski definition) is 2. The third kappa shape index (κ3) is 2.06. The van der Waals surface area contributed by atoms with Gasteiger partial charge in [-0.05, 0) is 0 Å². The van der Waals surface area contributed by atoms with Crippen LogP contribution in [-0.4, -0.2) is 39.8 Å². The Hall–Kier alpha value is 0.949. The molecular formula is C10H12OSTe2. The van der Waals surface area contributed by atoms with E-state index in [1.165, 1.54) is 0 Å². The van der Waals surface area contributed by atoms with E-state index < -0.39 is 0 Å². The summed E-state index contributed by atoms with van der Waals surface area (Å²) in [5.74, 6) is 1.81. The van der Waals surface area contributed by atoms with Crippen molar-refractivity contribution in [3.05, 3.63) is 17.7 Å². The van der Waals surface area contributed by atoms with Crippen LogP contribution in [0.25, 0.3) is 0 Å². The second-order valence-electron chi connectivity index (χ2n) is 3.40. The Kier molecular flexibility index (Phi) is 3.97. The van der Waals surface area contributed by atoms with Crippen LogP contribution in [-0.2, 0) is 0 Å². The number of fused-ring (bicyclic) bond motifs is 1. The molecule has 4 heteroatoms. The van der Waals surface area contributed by atoms with Gasteiger partial charge in [0.1, 0.15) is 0 Å². The minimum atomic E-state index is 0.144. The van der Waals surface area contributed by atoms with Crippen molar-refractivity contribution in [2.24, 2.45) is 0 Å². The fourth-order valence-corrected chi connectivity index (χ4v) is 22.6. The fraction of sp³-hybridized carbons (Fsp3) is 0.400. The van der Waals surface area contributed by atoms with Gasteiger partial charge in [-0.2, -0.15) is 0 Å². The van der Waals surface area contributed by atoms with E-state index in [1.54, 1.807) is 21.2 Å². The van der Waals surface area contributed by atoms with Crippen LogP contribution in [0, 0.1) is 0 Å². The molecule has 0 aromatic heterocycles. The Labute approximate surface area is 104 Å². The zero-order chi connectivity index (χ0) is 10.1. The number of rotatable bonds is 2. The third-order valence-corrected chi connectivity index (χ3v) is 18.6. The van der Waals surface area contributed by atoms with E-state index in [2.05, 4.69) is 35.0 Å². The van der Waals surface area contributed by atoms with Crippen LogP contribution in [0.4, 0.5) is 0 Å². The first-order chi connectivity index (χ1) is 6.74. The summed E-state index contributed by atoms with van der Waals surface area (Å²) in [6, 6.07) is 4.42. The SMILES string of the molecule is COc1ccc(C(C)C)c2c1[Te][Te]S2. The van der Waals surface area contributed by atoms with Crippen LogP contribution in [0.2, 0.25) is 0 Å². The summed E-state index contributed by atoms with van der Waals surface area (Å²) in [4.78, 5) is 1.59. The molecule has 2 rings (SSSR count). The molecule has 1 aliphatic rings. The van der Waals surface area contributed by atoms with Gasteiger partial charge in [0.2, 0.25) is 0 Å². The van der Waals surface area contributed by atoms with E-state index in [0.717, 1.165) is 5.75 Å². The minimum absolute atomic E-state index is 0.144. The normalized spacial score (nSPS) is 14.6. The van der Waals surface area contributed by atoms with Gasteiger partial charge in [-0.3, -0.25) is 0 Å². The predicted octanol–water partition coefficient (Wildman–Crippen LogP) is 1.79. The van der Waals surface area contributed by atoms with Crippen molar-refractivity contribution in [2.75, 3.05) is 7.11 Å². The Morgan fingerprint density at radius 3 is 2.79 bits per heavy atom. The van der Waals surface area contributed by atoms with E-state index >= 15 is 0 Å². The Balaban J connectivity index is 2.53.